The van der Waals surface area contributed by atoms with Crippen LogP contribution in [0.1, 0.15) is 12.5 Å². The zero-order chi connectivity index (χ0) is 20.0. The second kappa shape index (κ2) is 9.13. The minimum Gasteiger partial charge on any atom is -0.503 e. The van der Waals surface area contributed by atoms with Crippen LogP contribution < -0.4 is 15.5 Å². The Hall–Kier alpha value is -2.94. The summed E-state index contributed by atoms with van der Waals surface area (Å²) < 4.78 is 19.0. The smallest absolute Gasteiger partial charge is 0.252 e. The largest absolute Gasteiger partial charge is 0.503 e. The van der Waals surface area contributed by atoms with E-state index in [0.717, 1.165) is 0 Å². The Morgan fingerprint density at radius 1 is 1.30 bits per heavy atom. The lowest BCUT2D eigenvalue weighted by Crippen LogP contribution is -2.34. The van der Waals surface area contributed by atoms with Gasteiger partial charge in [0, 0.05) is 0 Å². The number of hydrogen-bond donors (Lipinski definition) is 3. The van der Waals surface area contributed by atoms with E-state index >= 15 is 0 Å². The van der Waals surface area contributed by atoms with Crippen molar-refractivity contribution in [3.63, 3.8) is 0 Å². The number of hydrogen-bond acceptors (Lipinski definition) is 5. The molecule has 9 heteroatoms. The molecule has 0 fully saturated rings. The predicted molar refractivity (Wildman–Crippen MR) is 102 cm³/mol. The molecule has 2 aromatic rings. The minimum absolute atomic E-state index is 0.00769. The van der Waals surface area contributed by atoms with Crippen molar-refractivity contribution in [3.8, 4) is 11.5 Å². The van der Waals surface area contributed by atoms with Gasteiger partial charge in [-0.15, -0.1) is 0 Å². The first-order valence-corrected chi connectivity index (χ1v) is 8.57. The lowest BCUT2D eigenvalue weighted by Gasteiger charge is -2.11. The number of carbonyl (C=O) groups excluding carboxylic acids is 2. The third kappa shape index (κ3) is 5.27. The van der Waals surface area contributed by atoms with Crippen molar-refractivity contribution in [2.24, 2.45) is 11.0 Å². The number of amides is 2. The zero-order valence-corrected chi connectivity index (χ0v) is 16.1. The first kappa shape index (κ1) is 20.4. The molecule has 0 aliphatic rings. The molecule has 2 rings (SSSR count). The number of hydrazone groups is 1. The van der Waals surface area contributed by atoms with Gasteiger partial charge in [-0.3, -0.25) is 9.59 Å². The molecular weight excluding hydrogens is 421 g/mol. The monoisotopic (exact) mass is 437 g/mol. The number of aromatic hydroxyl groups is 1. The molecule has 2 amide bonds. The Labute approximate surface area is 163 Å². The van der Waals surface area contributed by atoms with E-state index in [4.69, 9.17) is 4.74 Å². The van der Waals surface area contributed by atoms with Gasteiger partial charge in [0.25, 0.3) is 5.91 Å². The summed E-state index contributed by atoms with van der Waals surface area (Å²) in [5.41, 5.74) is 2.78. The van der Waals surface area contributed by atoms with Gasteiger partial charge in [-0.25, -0.2) is 9.82 Å². The fraction of sp³-hybridized carbons (Fsp3) is 0.167. The Kier molecular flexibility index (Phi) is 6.89. The molecule has 3 N–H and O–H groups in total. The van der Waals surface area contributed by atoms with Crippen molar-refractivity contribution in [3.05, 3.63) is 52.3 Å². The van der Waals surface area contributed by atoms with Crippen LogP contribution in [0.4, 0.5) is 10.1 Å². The van der Waals surface area contributed by atoms with Crippen molar-refractivity contribution in [1.29, 1.82) is 0 Å². The average molecular weight is 438 g/mol. The number of methoxy groups -OCH3 is 1. The van der Waals surface area contributed by atoms with Gasteiger partial charge in [-0.1, -0.05) is 12.1 Å². The fourth-order valence-corrected chi connectivity index (χ4v) is 2.47. The first-order chi connectivity index (χ1) is 12.8. The number of phenolic OH excluding ortho intramolecular Hbond substituents is 1. The summed E-state index contributed by atoms with van der Waals surface area (Å²) >= 11 is 3.18. The highest BCUT2D eigenvalue weighted by Crippen LogP contribution is 2.34. The zero-order valence-electron chi connectivity index (χ0n) is 14.5. The van der Waals surface area contributed by atoms with E-state index < -0.39 is 23.5 Å². The molecule has 0 heterocycles. The van der Waals surface area contributed by atoms with Crippen LogP contribution in [0.3, 0.4) is 0 Å². The van der Waals surface area contributed by atoms with Crippen molar-refractivity contribution in [2.45, 2.75) is 6.92 Å². The summed E-state index contributed by atoms with van der Waals surface area (Å²) in [5.74, 6) is -2.84. The van der Waals surface area contributed by atoms with E-state index in [-0.39, 0.29) is 17.2 Å². The van der Waals surface area contributed by atoms with Crippen LogP contribution in [0.5, 0.6) is 11.5 Å². The molecule has 0 aliphatic heterocycles. The molecule has 7 nitrogen and oxygen atoms in total. The SMILES string of the molecule is COc1cc(C=NNC(=O)C(C)C(=O)Nc2ccccc2F)cc(Br)c1O. The highest BCUT2D eigenvalue weighted by atomic mass is 79.9. The number of benzene rings is 2. The van der Waals surface area contributed by atoms with Crippen LogP contribution in [0.2, 0.25) is 0 Å². The van der Waals surface area contributed by atoms with Gasteiger partial charge in [0.05, 0.1) is 23.5 Å². The maximum absolute atomic E-state index is 13.6. The van der Waals surface area contributed by atoms with Crippen LogP contribution >= 0.6 is 15.9 Å². The molecule has 0 saturated carbocycles. The number of halogens is 2. The molecular formula is C18H17BrFN3O4. The molecule has 0 aliphatic carbocycles. The van der Waals surface area contributed by atoms with Crippen molar-refractivity contribution in [1.82, 2.24) is 5.43 Å². The number of phenols is 1. The van der Waals surface area contributed by atoms with Crippen molar-refractivity contribution < 1.29 is 23.8 Å². The predicted octanol–water partition coefficient (Wildman–Crippen LogP) is 3.03. The van der Waals surface area contributed by atoms with E-state index in [1.807, 2.05) is 0 Å². The summed E-state index contributed by atoms with van der Waals surface area (Å²) in [6.07, 6.45) is 1.33. The van der Waals surface area contributed by atoms with Crippen LogP contribution in [0, 0.1) is 11.7 Å². The van der Waals surface area contributed by atoms with Crippen LogP contribution in [0.15, 0.2) is 46.0 Å². The number of anilines is 1. The molecule has 27 heavy (non-hydrogen) atoms. The van der Waals surface area contributed by atoms with Crippen molar-refractivity contribution in [2.75, 3.05) is 12.4 Å². The maximum atomic E-state index is 13.6. The van der Waals surface area contributed by atoms with Gasteiger partial charge in [0.15, 0.2) is 11.5 Å². The summed E-state index contributed by atoms with van der Waals surface area (Å²) in [7, 11) is 1.40. The molecule has 0 radical (unpaired) electrons. The molecule has 1 atom stereocenters. The molecule has 142 valence electrons. The maximum Gasteiger partial charge on any atom is 0.252 e. The molecule has 0 spiro atoms. The number of carbonyl (C=O) groups is 2. The molecule has 1 unspecified atom stereocenters. The topological polar surface area (TPSA) is 100 Å². The van der Waals surface area contributed by atoms with Gasteiger partial charge < -0.3 is 15.2 Å². The fourth-order valence-electron chi connectivity index (χ4n) is 2.01. The summed E-state index contributed by atoms with van der Waals surface area (Å²) in [6.45, 7) is 1.38. The lowest BCUT2D eigenvalue weighted by molar-refractivity contribution is -0.131. The first-order valence-electron chi connectivity index (χ1n) is 7.78. The van der Waals surface area contributed by atoms with Crippen LogP contribution in [0.25, 0.3) is 0 Å². The Morgan fingerprint density at radius 2 is 2.00 bits per heavy atom. The minimum atomic E-state index is -1.09. The third-order valence-electron chi connectivity index (χ3n) is 3.58. The van der Waals surface area contributed by atoms with Crippen LogP contribution in [-0.4, -0.2) is 30.2 Å². The number of nitrogens with one attached hydrogen (secondary N) is 2. The van der Waals surface area contributed by atoms with E-state index in [1.54, 1.807) is 12.1 Å². The quantitative estimate of drug-likeness (QED) is 0.367. The summed E-state index contributed by atoms with van der Waals surface area (Å²) in [4.78, 5) is 24.1. The van der Waals surface area contributed by atoms with E-state index in [0.29, 0.717) is 10.0 Å². The summed E-state index contributed by atoms with van der Waals surface area (Å²) in [6, 6.07) is 8.75. The van der Waals surface area contributed by atoms with Crippen molar-refractivity contribution >= 4 is 39.6 Å². The second-order valence-corrected chi connectivity index (χ2v) is 6.33. The third-order valence-corrected chi connectivity index (χ3v) is 4.18. The average Bonchev–Trinajstić information content (AvgIpc) is 2.65. The highest BCUT2D eigenvalue weighted by Gasteiger charge is 2.22. The lowest BCUT2D eigenvalue weighted by atomic mass is 10.1. The van der Waals surface area contributed by atoms with Gasteiger partial charge in [-0.2, -0.15) is 5.10 Å². The summed E-state index contributed by atoms with van der Waals surface area (Å²) in [5, 5.41) is 15.9. The molecule has 0 bridgehead atoms. The molecule has 2 aromatic carbocycles. The molecule has 0 aromatic heterocycles. The Morgan fingerprint density at radius 3 is 2.67 bits per heavy atom. The van der Waals surface area contributed by atoms with E-state index in [2.05, 4.69) is 31.8 Å². The number of para-hydroxylation sites is 1. The Bertz CT molecular complexity index is 889. The number of nitrogens with zero attached hydrogens (tertiary/aromatic N) is 1. The van der Waals surface area contributed by atoms with Gasteiger partial charge >= 0.3 is 0 Å². The van der Waals surface area contributed by atoms with Gasteiger partial charge in [0.2, 0.25) is 5.91 Å². The normalized spacial score (nSPS) is 11.9. The molecule has 0 saturated heterocycles. The number of ether oxygens (including phenoxy) is 1. The van der Waals surface area contributed by atoms with Gasteiger partial charge in [-0.05, 0) is 52.7 Å². The number of rotatable bonds is 6. The second-order valence-electron chi connectivity index (χ2n) is 5.48. The van der Waals surface area contributed by atoms with E-state index in [9.17, 15) is 19.1 Å². The highest BCUT2D eigenvalue weighted by molar-refractivity contribution is 9.10. The standard InChI is InChI=1S/C18H17BrFN3O4/c1-10(17(25)22-14-6-4-3-5-13(14)20)18(26)23-21-9-11-7-12(19)16(24)15(8-11)27-2/h3-10,24H,1-2H3,(H,22,25)(H,23,26). The Balaban J connectivity index is 1.98. The van der Waals surface area contributed by atoms with Crippen LogP contribution in [-0.2, 0) is 9.59 Å². The van der Waals surface area contributed by atoms with Gasteiger partial charge in [0.1, 0.15) is 11.7 Å². The van der Waals surface area contributed by atoms with E-state index in [1.165, 1.54) is 44.5 Å².